The molecule has 0 amide bonds. The topological polar surface area (TPSA) is 0 Å². The number of benzene rings is 1. The highest BCUT2D eigenvalue weighted by Crippen LogP contribution is 2.27. The van der Waals surface area contributed by atoms with Crippen LogP contribution in [-0.4, -0.2) is 5.75 Å². The first-order valence-corrected chi connectivity index (χ1v) is 5.66. The maximum absolute atomic E-state index is 2.27. The van der Waals surface area contributed by atoms with Gasteiger partial charge in [0.15, 0.2) is 0 Å². The molecule has 1 aliphatic heterocycles. The highest BCUT2D eigenvalue weighted by Gasteiger charge is 2.05. The molecule has 0 saturated carbocycles. The molecule has 2 rings (SSSR count). The minimum absolute atomic E-state index is 1.28. The van der Waals surface area contributed by atoms with Crippen molar-refractivity contribution in [3.63, 3.8) is 0 Å². The lowest BCUT2D eigenvalue weighted by molar-refractivity contribution is 0.710. The lowest BCUT2D eigenvalue weighted by atomic mass is 10.1. The largest absolute Gasteiger partial charge is 0.126 e. The molecule has 0 aliphatic carbocycles. The highest BCUT2D eigenvalue weighted by atomic mass is 32.2. The molecule has 1 aromatic rings. The number of aryl methyl sites for hydroxylation is 1. The average Bonchev–Trinajstić information content (AvgIpc) is 2.06. The predicted octanol–water partition coefficient (Wildman–Crippen LogP) is 3.51. The summed E-state index contributed by atoms with van der Waals surface area (Å²) in [6, 6.07) is 8.83. The van der Waals surface area contributed by atoms with Gasteiger partial charge in [-0.1, -0.05) is 24.6 Å². The van der Waals surface area contributed by atoms with Crippen LogP contribution in [0.4, 0.5) is 0 Å². The van der Waals surface area contributed by atoms with E-state index in [9.17, 15) is 0 Å². The number of hydrogen-bond donors (Lipinski definition) is 0. The van der Waals surface area contributed by atoms with Crippen molar-refractivity contribution in [3.05, 3.63) is 29.8 Å². The van der Waals surface area contributed by atoms with Gasteiger partial charge in [0.25, 0.3) is 0 Å². The number of hydrogen-bond acceptors (Lipinski definition) is 1. The van der Waals surface area contributed by atoms with Crippen molar-refractivity contribution in [2.45, 2.75) is 30.6 Å². The Kier molecular flexibility index (Phi) is 2.72. The summed E-state index contributed by atoms with van der Waals surface area (Å²) in [4.78, 5) is 1.51. The normalized spacial score (nSPS) is 17.7. The molecule has 0 saturated heterocycles. The van der Waals surface area contributed by atoms with Gasteiger partial charge in [-0.3, -0.25) is 0 Å². The van der Waals surface area contributed by atoms with Crippen LogP contribution in [0.2, 0.25) is 0 Å². The lowest BCUT2D eigenvalue weighted by Crippen LogP contribution is -1.94. The molecule has 0 atom stereocenters. The summed E-state index contributed by atoms with van der Waals surface area (Å²) < 4.78 is 0. The van der Waals surface area contributed by atoms with Crippen molar-refractivity contribution in [1.29, 1.82) is 0 Å². The van der Waals surface area contributed by atoms with E-state index in [0.29, 0.717) is 0 Å². The van der Waals surface area contributed by atoms with Gasteiger partial charge in [0.2, 0.25) is 0 Å². The third-order valence-electron chi connectivity index (χ3n) is 2.32. The zero-order chi connectivity index (χ0) is 8.23. The van der Waals surface area contributed by atoms with Crippen LogP contribution < -0.4 is 0 Å². The second kappa shape index (κ2) is 3.99. The van der Waals surface area contributed by atoms with E-state index in [4.69, 9.17) is 0 Å². The number of thioether (sulfide) groups is 1. The zero-order valence-corrected chi connectivity index (χ0v) is 8.07. The fourth-order valence-electron chi connectivity index (χ4n) is 1.63. The molecule has 0 N–H and O–H groups in total. The minimum atomic E-state index is 1.28. The first kappa shape index (κ1) is 8.18. The van der Waals surface area contributed by atoms with Gasteiger partial charge in [-0.2, -0.15) is 0 Å². The van der Waals surface area contributed by atoms with E-state index in [0.717, 1.165) is 0 Å². The second-order valence-electron chi connectivity index (χ2n) is 3.27. The smallest absolute Gasteiger partial charge is 0.0104 e. The van der Waals surface area contributed by atoms with Crippen molar-refractivity contribution >= 4 is 11.8 Å². The maximum Gasteiger partial charge on any atom is 0.0104 e. The van der Waals surface area contributed by atoms with E-state index in [2.05, 4.69) is 24.3 Å². The van der Waals surface area contributed by atoms with Gasteiger partial charge in [-0.15, -0.1) is 11.8 Å². The van der Waals surface area contributed by atoms with E-state index < -0.39 is 0 Å². The van der Waals surface area contributed by atoms with Gasteiger partial charge >= 0.3 is 0 Å². The fraction of sp³-hybridized carbons (Fsp3) is 0.455. The summed E-state index contributed by atoms with van der Waals surface area (Å²) in [7, 11) is 0. The Morgan fingerprint density at radius 2 is 1.92 bits per heavy atom. The van der Waals surface area contributed by atoms with E-state index in [1.165, 1.54) is 36.3 Å². The van der Waals surface area contributed by atoms with Gasteiger partial charge in [-0.25, -0.2) is 0 Å². The van der Waals surface area contributed by atoms with Gasteiger partial charge < -0.3 is 0 Å². The molecular formula is C11H14S. The Bertz CT molecular complexity index is 228. The Morgan fingerprint density at radius 1 is 1.00 bits per heavy atom. The number of fused-ring (bicyclic) bond motifs is 1. The van der Waals surface area contributed by atoms with Crippen LogP contribution in [0.1, 0.15) is 24.8 Å². The summed E-state index contributed by atoms with van der Waals surface area (Å²) in [6.45, 7) is 0. The molecule has 1 aromatic carbocycles. The molecule has 1 heterocycles. The Balaban J connectivity index is 2.24. The van der Waals surface area contributed by atoms with Crippen LogP contribution in [0.5, 0.6) is 0 Å². The van der Waals surface area contributed by atoms with Crippen LogP contribution in [-0.2, 0) is 6.42 Å². The molecule has 64 valence electrons. The van der Waals surface area contributed by atoms with Crippen molar-refractivity contribution in [3.8, 4) is 0 Å². The molecule has 0 aromatic heterocycles. The molecule has 0 unspecified atom stereocenters. The summed E-state index contributed by atoms with van der Waals surface area (Å²) in [5.41, 5.74) is 1.56. The zero-order valence-electron chi connectivity index (χ0n) is 7.25. The minimum Gasteiger partial charge on any atom is -0.126 e. The van der Waals surface area contributed by atoms with E-state index in [-0.39, 0.29) is 0 Å². The predicted molar refractivity (Wildman–Crippen MR) is 54.7 cm³/mol. The van der Waals surface area contributed by atoms with E-state index in [1.54, 1.807) is 5.56 Å². The molecule has 0 fully saturated rings. The first-order valence-electron chi connectivity index (χ1n) is 4.67. The summed E-state index contributed by atoms with van der Waals surface area (Å²) >= 11 is 2.02. The molecule has 0 bridgehead atoms. The molecule has 0 radical (unpaired) electrons. The molecule has 1 aliphatic rings. The van der Waals surface area contributed by atoms with Gasteiger partial charge in [0.1, 0.15) is 0 Å². The van der Waals surface area contributed by atoms with E-state index in [1.807, 2.05) is 11.8 Å². The number of rotatable bonds is 0. The lowest BCUT2D eigenvalue weighted by Gasteiger charge is -2.12. The molecular weight excluding hydrogens is 164 g/mol. The molecule has 0 nitrogen and oxygen atoms in total. The molecule has 12 heavy (non-hydrogen) atoms. The van der Waals surface area contributed by atoms with Crippen molar-refractivity contribution in [1.82, 2.24) is 0 Å². The summed E-state index contributed by atoms with van der Waals surface area (Å²) in [6.07, 6.45) is 5.45. The van der Waals surface area contributed by atoms with Crippen molar-refractivity contribution in [2.24, 2.45) is 0 Å². The molecule has 1 heteroatoms. The Labute approximate surface area is 78.4 Å². The quantitative estimate of drug-likeness (QED) is 0.586. The van der Waals surface area contributed by atoms with Crippen molar-refractivity contribution in [2.75, 3.05) is 5.75 Å². The monoisotopic (exact) mass is 178 g/mol. The average molecular weight is 178 g/mol. The summed E-state index contributed by atoms with van der Waals surface area (Å²) in [5.74, 6) is 1.30. The van der Waals surface area contributed by atoms with E-state index >= 15 is 0 Å². The Hall–Kier alpha value is -0.430. The third-order valence-corrected chi connectivity index (χ3v) is 3.52. The standard InChI is InChI=1S/C11H14S/c1-2-6-10-7-3-4-8-11(10)12-9-5-1/h3-4,7-8H,1-2,5-6,9H2. The SMILES string of the molecule is c1ccc2c(c1)CCCCCS2. The van der Waals surface area contributed by atoms with Gasteiger partial charge in [0, 0.05) is 4.90 Å². The van der Waals surface area contributed by atoms with Crippen LogP contribution in [0.15, 0.2) is 29.2 Å². The van der Waals surface area contributed by atoms with Crippen LogP contribution in [0, 0.1) is 0 Å². The first-order chi connectivity index (χ1) is 5.97. The maximum atomic E-state index is 2.27. The van der Waals surface area contributed by atoms with Gasteiger partial charge in [0.05, 0.1) is 0 Å². The third kappa shape index (κ3) is 1.84. The highest BCUT2D eigenvalue weighted by molar-refractivity contribution is 7.99. The fourth-order valence-corrected chi connectivity index (χ4v) is 2.73. The van der Waals surface area contributed by atoms with Crippen LogP contribution >= 0.6 is 11.8 Å². The molecule has 0 spiro atoms. The second-order valence-corrected chi connectivity index (χ2v) is 4.40. The van der Waals surface area contributed by atoms with Gasteiger partial charge in [-0.05, 0) is 36.6 Å². The van der Waals surface area contributed by atoms with Crippen LogP contribution in [0.3, 0.4) is 0 Å². The van der Waals surface area contributed by atoms with Crippen molar-refractivity contribution < 1.29 is 0 Å². The summed E-state index contributed by atoms with van der Waals surface area (Å²) in [5, 5.41) is 0. The Morgan fingerprint density at radius 3 is 2.92 bits per heavy atom. The van der Waals surface area contributed by atoms with Crippen LogP contribution in [0.25, 0.3) is 0 Å².